The zero-order valence-electron chi connectivity index (χ0n) is 17.3. The fourth-order valence-corrected chi connectivity index (χ4v) is 4.54. The molecular formula is C25H21FN4OS. The molecular weight excluding hydrogens is 423 g/mol. The van der Waals surface area contributed by atoms with Gasteiger partial charge in [0.25, 0.3) is 0 Å². The fourth-order valence-electron chi connectivity index (χ4n) is 4.20. The van der Waals surface area contributed by atoms with Gasteiger partial charge in [-0.1, -0.05) is 6.07 Å². The van der Waals surface area contributed by atoms with E-state index >= 15 is 0 Å². The van der Waals surface area contributed by atoms with E-state index in [4.69, 9.17) is 12.2 Å². The number of phenols is 1. The summed E-state index contributed by atoms with van der Waals surface area (Å²) in [5.41, 5.74) is 4.12. The molecule has 5 nitrogen and oxygen atoms in total. The number of hydrogen-bond donors (Lipinski definition) is 2. The second-order valence-electron chi connectivity index (χ2n) is 7.75. The van der Waals surface area contributed by atoms with Gasteiger partial charge in [0.2, 0.25) is 0 Å². The number of hydrogen-bond acceptors (Lipinski definition) is 3. The van der Waals surface area contributed by atoms with Crippen LogP contribution in [0.5, 0.6) is 5.75 Å². The van der Waals surface area contributed by atoms with E-state index in [-0.39, 0.29) is 23.7 Å². The number of phenolic OH excluding ortho intramolecular Hbond substituents is 1. The molecule has 2 aromatic carbocycles. The Morgan fingerprint density at radius 1 is 1.00 bits per heavy atom. The van der Waals surface area contributed by atoms with Crippen molar-refractivity contribution < 1.29 is 9.50 Å². The lowest BCUT2D eigenvalue weighted by atomic mass is 10.0. The van der Waals surface area contributed by atoms with Gasteiger partial charge in [0.15, 0.2) is 5.11 Å². The lowest BCUT2D eigenvalue weighted by Crippen LogP contribution is -2.30. The summed E-state index contributed by atoms with van der Waals surface area (Å²) in [4.78, 5) is 6.60. The van der Waals surface area contributed by atoms with Crippen molar-refractivity contribution in [2.24, 2.45) is 0 Å². The monoisotopic (exact) mass is 444 g/mol. The van der Waals surface area contributed by atoms with Crippen molar-refractivity contribution in [1.82, 2.24) is 14.9 Å². The molecule has 1 aliphatic rings. The van der Waals surface area contributed by atoms with Crippen LogP contribution in [0.2, 0.25) is 0 Å². The van der Waals surface area contributed by atoms with Crippen LogP contribution in [0.25, 0.3) is 5.69 Å². The first-order valence-corrected chi connectivity index (χ1v) is 10.7. The molecule has 0 unspecified atom stereocenters. The lowest BCUT2D eigenvalue weighted by Gasteiger charge is -2.29. The molecule has 1 aliphatic heterocycles. The minimum Gasteiger partial charge on any atom is -0.508 e. The predicted molar refractivity (Wildman–Crippen MR) is 127 cm³/mol. The number of benzene rings is 2. The fraction of sp³-hybridized carbons (Fsp3) is 0.120. The SMILES string of the molecule is Cc1cc(N2C(=S)N[C@@H](c3ccccn3)[C@@H]2c2cccn2-c2ccc(O)cc2)ccc1F. The number of nitrogens with zero attached hydrogens (tertiary/aromatic N) is 3. The number of aryl methyl sites for hydroxylation is 1. The number of nitrogens with one attached hydrogen (secondary N) is 1. The van der Waals surface area contributed by atoms with Gasteiger partial charge in [-0.15, -0.1) is 0 Å². The maximum absolute atomic E-state index is 14.0. The minimum atomic E-state index is -0.253. The van der Waals surface area contributed by atoms with Gasteiger partial charge < -0.3 is 19.9 Å². The lowest BCUT2D eigenvalue weighted by molar-refractivity contribution is 0.475. The Hall–Kier alpha value is -3.71. The van der Waals surface area contributed by atoms with Crippen LogP contribution in [-0.4, -0.2) is 19.8 Å². The van der Waals surface area contributed by atoms with E-state index in [2.05, 4.69) is 14.9 Å². The van der Waals surface area contributed by atoms with Crippen molar-refractivity contribution in [2.45, 2.75) is 19.0 Å². The Balaban J connectivity index is 1.67. The van der Waals surface area contributed by atoms with Crippen LogP contribution in [0, 0.1) is 12.7 Å². The first-order valence-electron chi connectivity index (χ1n) is 10.3. The van der Waals surface area contributed by atoms with Gasteiger partial charge in [0.1, 0.15) is 17.6 Å². The van der Waals surface area contributed by atoms with Gasteiger partial charge in [0.05, 0.1) is 11.7 Å². The summed E-state index contributed by atoms with van der Waals surface area (Å²) in [5.74, 6) is -0.0435. The van der Waals surface area contributed by atoms with Crippen molar-refractivity contribution in [1.29, 1.82) is 0 Å². The van der Waals surface area contributed by atoms with Crippen molar-refractivity contribution in [2.75, 3.05) is 4.90 Å². The number of anilines is 1. The highest BCUT2D eigenvalue weighted by Crippen LogP contribution is 2.42. The second-order valence-corrected chi connectivity index (χ2v) is 8.14. The molecule has 1 fully saturated rings. The summed E-state index contributed by atoms with van der Waals surface area (Å²) in [5, 5.41) is 13.7. The Morgan fingerprint density at radius 2 is 1.78 bits per heavy atom. The molecule has 2 atom stereocenters. The third kappa shape index (κ3) is 3.50. The van der Waals surface area contributed by atoms with Crippen LogP contribution >= 0.6 is 12.2 Å². The van der Waals surface area contributed by atoms with E-state index in [9.17, 15) is 9.50 Å². The molecule has 0 bridgehead atoms. The van der Waals surface area contributed by atoms with E-state index in [0.29, 0.717) is 10.7 Å². The highest BCUT2D eigenvalue weighted by Gasteiger charge is 2.42. The molecule has 0 saturated carbocycles. The quantitative estimate of drug-likeness (QED) is 0.424. The number of aromatic hydroxyl groups is 1. The van der Waals surface area contributed by atoms with Crippen LogP contribution in [-0.2, 0) is 0 Å². The molecule has 2 aromatic heterocycles. The molecule has 3 heterocycles. The van der Waals surface area contributed by atoms with Gasteiger partial charge in [0, 0.05) is 29.5 Å². The summed E-state index contributed by atoms with van der Waals surface area (Å²) < 4.78 is 16.1. The van der Waals surface area contributed by atoms with E-state index in [1.54, 1.807) is 31.3 Å². The number of pyridine rings is 1. The van der Waals surface area contributed by atoms with Crippen LogP contribution in [0.4, 0.5) is 10.1 Å². The summed E-state index contributed by atoms with van der Waals surface area (Å²) in [6.07, 6.45) is 3.74. The Bertz CT molecular complexity index is 1270. The van der Waals surface area contributed by atoms with Gasteiger partial charge in [-0.25, -0.2) is 4.39 Å². The topological polar surface area (TPSA) is 53.3 Å². The number of aromatic nitrogens is 2. The maximum Gasteiger partial charge on any atom is 0.174 e. The number of thiocarbonyl (C=S) groups is 1. The van der Waals surface area contributed by atoms with Crippen LogP contribution in [0.3, 0.4) is 0 Å². The van der Waals surface area contributed by atoms with Crippen molar-refractivity contribution in [3.63, 3.8) is 0 Å². The molecule has 1 saturated heterocycles. The number of rotatable bonds is 4. The molecule has 0 aliphatic carbocycles. The zero-order chi connectivity index (χ0) is 22.2. The molecule has 32 heavy (non-hydrogen) atoms. The van der Waals surface area contributed by atoms with Crippen molar-refractivity contribution >= 4 is 23.0 Å². The highest BCUT2D eigenvalue weighted by atomic mass is 32.1. The molecule has 7 heteroatoms. The Labute approximate surface area is 190 Å². The molecule has 0 radical (unpaired) electrons. The summed E-state index contributed by atoms with van der Waals surface area (Å²) >= 11 is 5.75. The second kappa shape index (κ2) is 8.09. The maximum atomic E-state index is 14.0. The third-order valence-electron chi connectivity index (χ3n) is 5.73. The molecule has 2 N–H and O–H groups in total. The average molecular weight is 445 g/mol. The summed E-state index contributed by atoms with van der Waals surface area (Å²) in [6, 6.07) is 21.5. The van der Waals surface area contributed by atoms with Crippen LogP contribution in [0.15, 0.2) is 85.2 Å². The first kappa shape index (κ1) is 20.2. The first-order chi connectivity index (χ1) is 15.5. The predicted octanol–water partition coefficient (Wildman–Crippen LogP) is 5.20. The van der Waals surface area contributed by atoms with Gasteiger partial charge in [-0.3, -0.25) is 4.98 Å². The van der Waals surface area contributed by atoms with E-state index in [0.717, 1.165) is 22.8 Å². The standard InChI is InChI=1S/C25H21FN4OS/c1-16-15-18(9-12-20(16)26)30-24(23(28-25(30)32)21-5-2-3-13-27-21)22-6-4-14-29(22)17-7-10-19(31)11-8-17/h2-15,23-24,31H,1H3,(H,28,32)/t23-,24-/m0/s1. The zero-order valence-corrected chi connectivity index (χ0v) is 18.1. The Morgan fingerprint density at radius 3 is 2.50 bits per heavy atom. The third-order valence-corrected chi connectivity index (χ3v) is 6.04. The van der Waals surface area contributed by atoms with Gasteiger partial charge in [-0.2, -0.15) is 0 Å². The van der Waals surface area contributed by atoms with E-state index < -0.39 is 0 Å². The van der Waals surface area contributed by atoms with Crippen molar-refractivity contribution in [3.05, 3.63) is 108 Å². The molecule has 0 amide bonds. The average Bonchev–Trinajstić information content (AvgIpc) is 3.41. The van der Waals surface area contributed by atoms with Crippen LogP contribution < -0.4 is 10.2 Å². The summed E-state index contributed by atoms with van der Waals surface area (Å²) in [7, 11) is 0. The van der Waals surface area contributed by atoms with E-state index in [1.807, 2.05) is 59.6 Å². The summed E-state index contributed by atoms with van der Waals surface area (Å²) in [6.45, 7) is 1.75. The molecule has 160 valence electrons. The highest BCUT2D eigenvalue weighted by molar-refractivity contribution is 7.80. The molecule has 4 aromatic rings. The van der Waals surface area contributed by atoms with E-state index in [1.165, 1.54) is 6.07 Å². The minimum absolute atomic E-state index is 0.208. The Kier molecular flexibility index (Phi) is 5.11. The number of halogens is 1. The van der Waals surface area contributed by atoms with Gasteiger partial charge in [-0.05, 0) is 91.4 Å². The molecule has 5 rings (SSSR count). The molecule has 0 spiro atoms. The normalized spacial score (nSPS) is 18.1. The smallest absolute Gasteiger partial charge is 0.174 e. The van der Waals surface area contributed by atoms with Crippen molar-refractivity contribution in [3.8, 4) is 11.4 Å². The van der Waals surface area contributed by atoms with Crippen LogP contribution in [0.1, 0.15) is 29.0 Å². The largest absolute Gasteiger partial charge is 0.508 e. The van der Waals surface area contributed by atoms with Gasteiger partial charge >= 0.3 is 0 Å².